The zero-order chi connectivity index (χ0) is 13.8. The summed E-state index contributed by atoms with van der Waals surface area (Å²) in [5.74, 6) is 2.03. The summed E-state index contributed by atoms with van der Waals surface area (Å²) in [6, 6.07) is 12.3. The van der Waals surface area contributed by atoms with Gasteiger partial charge in [0.15, 0.2) is 0 Å². The first kappa shape index (κ1) is 12.9. The molecular formula is C16H19N3O. The minimum atomic E-state index is 0.687. The maximum atomic E-state index is 5.81. The molecule has 0 unspecified atom stereocenters. The number of para-hydroxylation sites is 1. The number of anilines is 1. The number of hydrogen-bond donors (Lipinski definition) is 1. The minimum Gasteiger partial charge on any atom is -0.491 e. The molecule has 0 saturated carbocycles. The summed E-state index contributed by atoms with van der Waals surface area (Å²) in [4.78, 5) is 6.86. The molecule has 1 N–H and O–H groups in total. The Morgan fingerprint density at radius 3 is 3.05 bits per heavy atom. The molecule has 0 amide bonds. The zero-order valence-corrected chi connectivity index (χ0v) is 11.7. The van der Waals surface area contributed by atoms with Crippen LogP contribution < -0.4 is 15.0 Å². The Bertz CT molecular complexity index is 585. The molecule has 3 rings (SSSR count). The van der Waals surface area contributed by atoms with Crippen molar-refractivity contribution in [3.8, 4) is 5.75 Å². The van der Waals surface area contributed by atoms with E-state index in [1.807, 2.05) is 31.4 Å². The van der Waals surface area contributed by atoms with Crippen LogP contribution in [0.5, 0.6) is 5.75 Å². The van der Waals surface area contributed by atoms with Crippen molar-refractivity contribution in [1.29, 1.82) is 0 Å². The first-order valence-electron chi connectivity index (χ1n) is 6.92. The molecule has 2 heterocycles. The minimum absolute atomic E-state index is 0.687. The molecule has 1 aliphatic heterocycles. The third-order valence-electron chi connectivity index (χ3n) is 3.49. The van der Waals surface area contributed by atoms with Crippen molar-refractivity contribution < 1.29 is 4.74 Å². The Balaban J connectivity index is 1.91. The van der Waals surface area contributed by atoms with Crippen LogP contribution in [0.2, 0.25) is 0 Å². The average molecular weight is 269 g/mol. The Labute approximate surface area is 119 Å². The Hall–Kier alpha value is -2.07. The van der Waals surface area contributed by atoms with E-state index >= 15 is 0 Å². The van der Waals surface area contributed by atoms with Gasteiger partial charge in [0, 0.05) is 30.4 Å². The van der Waals surface area contributed by atoms with Crippen LogP contribution >= 0.6 is 0 Å². The number of rotatable bonds is 3. The number of nitrogens with one attached hydrogen (secondary N) is 1. The first-order chi connectivity index (χ1) is 9.88. The van der Waals surface area contributed by atoms with Crippen molar-refractivity contribution in [2.45, 2.75) is 13.1 Å². The van der Waals surface area contributed by atoms with Gasteiger partial charge in [0.05, 0.1) is 6.54 Å². The average Bonchev–Trinajstić information content (AvgIpc) is 2.70. The summed E-state index contributed by atoms with van der Waals surface area (Å²) < 4.78 is 5.81. The molecule has 104 valence electrons. The van der Waals surface area contributed by atoms with Gasteiger partial charge in [-0.05, 0) is 19.2 Å². The molecule has 4 nitrogen and oxygen atoms in total. The molecule has 0 atom stereocenters. The van der Waals surface area contributed by atoms with Gasteiger partial charge in [-0.15, -0.1) is 0 Å². The van der Waals surface area contributed by atoms with Gasteiger partial charge in [0.2, 0.25) is 0 Å². The zero-order valence-electron chi connectivity index (χ0n) is 11.7. The highest BCUT2D eigenvalue weighted by Crippen LogP contribution is 2.26. The standard InChI is InChI=1S/C16H19N3O/c1-17-11-13-6-4-8-18-16(13)19-9-10-20-15-7-3-2-5-14(15)12-19/h2-8,17H,9-12H2,1H3. The summed E-state index contributed by atoms with van der Waals surface area (Å²) in [6.07, 6.45) is 1.85. The van der Waals surface area contributed by atoms with E-state index in [0.717, 1.165) is 31.2 Å². The third kappa shape index (κ3) is 2.60. The van der Waals surface area contributed by atoms with Crippen molar-refractivity contribution in [3.63, 3.8) is 0 Å². The largest absolute Gasteiger partial charge is 0.491 e. The summed E-state index contributed by atoms with van der Waals surface area (Å²) in [5.41, 5.74) is 2.43. The summed E-state index contributed by atoms with van der Waals surface area (Å²) >= 11 is 0. The van der Waals surface area contributed by atoms with Gasteiger partial charge in [-0.25, -0.2) is 4.98 Å². The molecule has 1 aromatic carbocycles. The van der Waals surface area contributed by atoms with Gasteiger partial charge >= 0.3 is 0 Å². The second-order valence-corrected chi connectivity index (χ2v) is 4.89. The van der Waals surface area contributed by atoms with Crippen LogP contribution in [0.25, 0.3) is 0 Å². The van der Waals surface area contributed by atoms with Crippen LogP contribution in [0.3, 0.4) is 0 Å². The first-order valence-corrected chi connectivity index (χ1v) is 6.92. The normalized spacial score (nSPS) is 14.3. The monoisotopic (exact) mass is 269 g/mol. The predicted molar refractivity (Wildman–Crippen MR) is 80.0 cm³/mol. The number of benzene rings is 1. The highest BCUT2D eigenvalue weighted by atomic mass is 16.5. The molecule has 1 aliphatic rings. The molecule has 0 aliphatic carbocycles. The molecule has 4 heteroatoms. The van der Waals surface area contributed by atoms with Crippen LogP contribution in [-0.4, -0.2) is 25.2 Å². The van der Waals surface area contributed by atoms with Gasteiger partial charge in [-0.3, -0.25) is 0 Å². The fourth-order valence-corrected chi connectivity index (χ4v) is 2.55. The molecular weight excluding hydrogens is 250 g/mol. The number of aromatic nitrogens is 1. The molecule has 1 aromatic heterocycles. The molecule has 0 fully saturated rings. The van der Waals surface area contributed by atoms with E-state index in [9.17, 15) is 0 Å². The molecule has 2 aromatic rings. The van der Waals surface area contributed by atoms with E-state index in [4.69, 9.17) is 4.74 Å². The molecule has 0 bridgehead atoms. The maximum absolute atomic E-state index is 5.81. The third-order valence-corrected chi connectivity index (χ3v) is 3.49. The molecule has 0 radical (unpaired) electrons. The maximum Gasteiger partial charge on any atom is 0.133 e. The lowest BCUT2D eigenvalue weighted by Crippen LogP contribution is -2.27. The number of ether oxygens (including phenoxy) is 1. The number of pyridine rings is 1. The SMILES string of the molecule is CNCc1cccnc1N1CCOc2ccccc2C1. The van der Waals surface area contributed by atoms with Gasteiger partial charge in [0.25, 0.3) is 0 Å². The Morgan fingerprint density at radius 1 is 1.25 bits per heavy atom. The molecule has 20 heavy (non-hydrogen) atoms. The van der Waals surface area contributed by atoms with Crippen molar-refractivity contribution in [3.05, 3.63) is 53.7 Å². The molecule has 0 saturated heterocycles. The number of nitrogens with zero attached hydrogens (tertiary/aromatic N) is 2. The lowest BCUT2D eigenvalue weighted by molar-refractivity contribution is 0.331. The van der Waals surface area contributed by atoms with E-state index in [0.29, 0.717) is 6.61 Å². The summed E-state index contributed by atoms with van der Waals surface area (Å²) in [6.45, 7) is 3.20. The van der Waals surface area contributed by atoms with Crippen molar-refractivity contribution in [2.24, 2.45) is 0 Å². The van der Waals surface area contributed by atoms with Crippen LogP contribution in [0, 0.1) is 0 Å². The topological polar surface area (TPSA) is 37.4 Å². The lowest BCUT2D eigenvalue weighted by atomic mass is 10.1. The van der Waals surface area contributed by atoms with Gasteiger partial charge in [0.1, 0.15) is 18.2 Å². The van der Waals surface area contributed by atoms with E-state index in [2.05, 4.69) is 33.4 Å². The number of fused-ring (bicyclic) bond motifs is 1. The van der Waals surface area contributed by atoms with Crippen LogP contribution in [0.15, 0.2) is 42.6 Å². The van der Waals surface area contributed by atoms with E-state index in [1.54, 1.807) is 0 Å². The summed E-state index contributed by atoms with van der Waals surface area (Å²) in [7, 11) is 1.96. The van der Waals surface area contributed by atoms with Gasteiger partial charge < -0.3 is 15.0 Å². The van der Waals surface area contributed by atoms with Crippen LogP contribution in [-0.2, 0) is 13.1 Å². The lowest BCUT2D eigenvalue weighted by Gasteiger charge is -2.23. The highest BCUT2D eigenvalue weighted by molar-refractivity contribution is 5.49. The van der Waals surface area contributed by atoms with Gasteiger partial charge in [-0.2, -0.15) is 0 Å². The van der Waals surface area contributed by atoms with E-state index in [-0.39, 0.29) is 0 Å². The van der Waals surface area contributed by atoms with E-state index < -0.39 is 0 Å². The van der Waals surface area contributed by atoms with Crippen LogP contribution in [0.1, 0.15) is 11.1 Å². The second-order valence-electron chi connectivity index (χ2n) is 4.89. The van der Waals surface area contributed by atoms with Gasteiger partial charge in [-0.1, -0.05) is 24.3 Å². The Kier molecular flexibility index (Phi) is 3.83. The van der Waals surface area contributed by atoms with E-state index in [1.165, 1.54) is 11.1 Å². The predicted octanol–water partition coefficient (Wildman–Crippen LogP) is 2.20. The molecule has 0 spiro atoms. The smallest absolute Gasteiger partial charge is 0.133 e. The van der Waals surface area contributed by atoms with Crippen molar-refractivity contribution >= 4 is 5.82 Å². The highest BCUT2D eigenvalue weighted by Gasteiger charge is 2.18. The van der Waals surface area contributed by atoms with Crippen molar-refractivity contribution in [1.82, 2.24) is 10.3 Å². The fraction of sp³-hybridized carbons (Fsp3) is 0.312. The quantitative estimate of drug-likeness (QED) is 0.927. The van der Waals surface area contributed by atoms with Crippen LogP contribution in [0.4, 0.5) is 5.82 Å². The fourth-order valence-electron chi connectivity index (χ4n) is 2.55. The Morgan fingerprint density at radius 2 is 2.15 bits per heavy atom. The second kappa shape index (κ2) is 5.92. The van der Waals surface area contributed by atoms with Crippen molar-refractivity contribution in [2.75, 3.05) is 25.1 Å². The summed E-state index contributed by atoms with van der Waals surface area (Å²) in [5, 5.41) is 3.20. The number of hydrogen-bond acceptors (Lipinski definition) is 4.